The van der Waals surface area contributed by atoms with Crippen LogP contribution in [0.5, 0.6) is 0 Å². The predicted octanol–water partition coefficient (Wildman–Crippen LogP) is 1.00. The summed E-state index contributed by atoms with van der Waals surface area (Å²) in [6.45, 7) is 1.94. The van der Waals surface area contributed by atoms with E-state index in [0.717, 1.165) is 38.8 Å². The Hall–Kier alpha value is -2.12. The number of piperidine rings is 1. The number of rotatable bonds is 4. The third-order valence-corrected chi connectivity index (χ3v) is 5.90. The van der Waals surface area contributed by atoms with Gasteiger partial charge in [-0.2, -0.15) is 0 Å². The number of hydrogen-bond donors (Lipinski definition) is 3. The third-order valence-electron chi connectivity index (χ3n) is 5.90. The number of carbonyl (C=O) groups excluding carboxylic acids is 1. The Morgan fingerprint density at radius 1 is 1.31 bits per heavy atom. The maximum atomic E-state index is 12.9. The molecule has 26 heavy (non-hydrogen) atoms. The van der Waals surface area contributed by atoms with Crippen molar-refractivity contribution in [1.82, 2.24) is 15.2 Å². The first kappa shape index (κ1) is 17.3. The molecule has 0 unspecified atom stereocenters. The molecule has 3 N–H and O–H groups in total. The van der Waals surface area contributed by atoms with E-state index in [1.807, 2.05) is 0 Å². The summed E-state index contributed by atoms with van der Waals surface area (Å²) in [5.41, 5.74) is 1.61. The second kappa shape index (κ2) is 6.89. The number of amides is 1. The van der Waals surface area contributed by atoms with Gasteiger partial charge in [-0.25, -0.2) is 4.79 Å². The van der Waals surface area contributed by atoms with Crippen LogP contribution in [0.2, 0.25) is 0 Å². The highest BCUT2D eigenvalue weighted by Gasteiger charge is 2.39. The molecular formula is C19H25N3O4. The first-order chi connectivity index (χ1) is 12.5. The molecule has 1 aromatic heterocycles. The molecule has 1 aromatic carbocycles. The Morgan fingerprint density at radius 2 is 2.04 bits per heavy atom. The zero-order valence-corrected chi connectivity index (χ0v) is 14.9. The summed E-state index contributed by atoms with van der Waals surface area (Å²) in [6, 6.07) is 5.13. The van der Waals surface area contributed by atoms with Crippen LogP contribution in [0.15, 0.2) is 27.4 Å². The molecular weight excluding hydrogens is 334 g/mol. The SMILES string of the molecule is Cn1c(=O)oc2ccc(C(=O)N[C@@H](C3CCNCC3)C3CC(O)C3)cc21. The Morgan fingerprint density at radius 3 is 2.73 bits per heavy atom. The molecule has 1 atom stereocenters. The van der Waals surface area contributed by atoms with Gasteiger partial charge in [0, 0.05) is 18.7 Å². The van der Waals surface area contributed by atoms with E-state index in [1.54, 1.807) is 25.2 Å². The van der Waals surface area contributed by atoms with Crippen LogP contribution < -0.4 is 16.4 Å². The summed E-state index contributed by atoms with van der Waals surface area (Å²) >= 11 is 0. The maximum Gasteiger partial charge on any atom is 0.419 e. The molecule has 2 aliphatic rings. The average Bonchev–Trinajstić information content (AvgIpc) is 2.91. The van der Waals surface area contributed by atoms with E-state index in [9.17, 15) is 14.7 Å². The lowest BCUT2D eigenvalue weighted by molar-refractivity contribution is 0.00919. The highest BCUT2D eigenvalue weighted by molar-refractivity contribution is 5.97. The van der Waals surface area contributed by atoms with Crippen LogP contribution in [0.4, 0.5) is 0 Å². The van der Waals surface area contributed by atoms with Crippen LogP contribution in [0, 0.1) is 11.8 Å². The van der Waals surface area contributed by atoms with Gasteiger partial charge in [0.05, 0.1) is 11.6 Å². The van der Waals surface area contributed by atoms with Gasteiger partial charge < -0.3 is 20.2 Å². The number of oxazole rings is 1. The summed E-state index contributed by atoms with van der Waals surface area (Å²) in [5, 5.41) is 16.3. The van der Waals surface area contributed by atoms with Crippen LogP contribution in [-0.4, -0.2) is 40.8 Å². The number of fused-ring (bicyclic) bond motifs is 1. The standard InChI is InChI=1S/C19H25N3O4/c1-22-15-10-12(2-3-16(15)26-19(22)25)18(24)21-17(13-8-14(23)9-13)11-4-6-20-7-5-11/h2-3,10-11,13-14,17,20,23H,4-9H2,1H3,(H,21,24)/t13?,14?,17-/m0/s1. The number of aryl methyl sites for hydroxylation is 1. The van der Waals surface area contributed by atoms with Crippen molar-refractivity contribution in [1.29, 1.82) is 0 Å². The molecule has 0 radical (unpaired) electrons. The van der Waals surface area contributed by atoms with Crippen molar-refractivity contribution < 1.29 is 14.3 Å². The average molecular weight is 359 g/mol. The zero-order valence-electron chi connectivity index (χ0n) is 14.9. The molecule has 7 nitrogen and oxygen atoms in total. The van der Waals surface area contributed by atoms with E-state index < -0.39 is 5.76 Å². The fourth-order valence-corrected chi connectivity index (χ4v) is 4.25. The predicted molar refractivity (Wildman–Crippen MR) is 97.0 cm³/mol. The summed E-state index contributed by atoms with van der Waals surface area (Å²) in [5.74, 6) is 0.192. The van der Waals surface area contributed by atoms with E-state index in [1.165, 1.54) is 4.57 Å². The normalized spacial score (nSPS) is 25.0. The zero-order chi connectivity index (χ0) is 18.3. The maximum absolute atomic E-state index is 12.9. The molecule has 1 saturated carbocycles. The monoisotopic (exact) mass is 359 g/mol. The highest BCUT2D eigenvalue weighted by atomic mass is 16.4. The lowest BCUT2D eigenvalue weighted by atomic mass is 9.71. The summed E-state index contributed by atoms with van der Waals surface area (Å²) < 4.78 is 6.53. The number of aliphatic hydroxyl groups excluding tert-OH is 1. The summed E-state index contributed by atoms with van der Waals surface area (Å²) in [4.78, 5) is 24.5. The van der Waals surface area contributed by atoms with Crippen molar-refractivity contribution in [3.63, 3.8) is 0 Å². The molecule has 0 bridgehead atoms. The molecule has 4 rings (SSSR count). The van der Waals surface area contributed by atoms with Gasteiger partial charge in [0.1, 0.15) is 0 Å². The first-order valence-electron chi connectivity index (χ1n) is 9.32. The first-order valence-corrected chi connectivity index (χ1v) is 9.32. The molecule has 1 aliphatic heterocycles. The second-order valence-corrected chi connectivity index (χ2v) is 7.58. The molecule has 2 aromatic rings. The lowest BCUT2D eigenvalue weighted by Crippen LogP contribution is -2.52. The van der Waals surface area contributed by atoms with Gasteiger partial charge >= 0.3 is 5.76 Å². The van der Waals surface area contributed by atoms with Crippen molar-refractivity contribution in [3.05, 3.63) is 34.3 Å². The highest BCUT2D eigenvalue weighted by Crippen LogP contribution is 2.36. The Labute approximate surface area is 151 Å². The molecule has 2 heterocycles. The lowest BCUT2D eigenvalue weighted by Gasteiger charge is -2.43. The van der Waals surface area contributed by atoms with Gasteiger partial charge in [-0.1, -0.05) is 0 Å². The van der Waals surface area contributed by atoms with Gasteiger partial charge in [0.25, 0.3) is 5.91 Å². The Balaban J connectivity index is 1.55. The number of hydrogen-bond acceptors (Lipinski definition) is 5. The Kier molecular flexibility index (Phi) is 4.58. The van der Waals surface area contributed by atoms with Gasteiger partial charge in [0.2, 0.25) is 0 Å². The van der Waals surface area contributed by atoms with Crippen LogP contribution in [-0.2, 0) is 7.05 Å². The van der Waals surface area contributed by atoms with E-state index >= 15 is 0 Å². The topological polar surface area (TPSA) is 96.5 Å². The fraction of sp³-hybridized carbons (Fsp3) is 0.579. The van der Waals surface area contributed by atoms with Gasteiger partial charge in [0.15, 0.2) is 5.58 Å². The van der Waals surface area contributed by atoms with Crippen molar-refractivity contribution in [2.75, 3.05) is 13.1 Å². The second-order valence-electron chi connectivity index (χ2n) is 7.58. The molecule has 1 aliphatic carbocycles. The minimum absolute atomic E-state index is 0.0804. The van der Waals surface area contributed by atoms with Crippen LogP contribution in [0.3, 0.4) is 0 Å². The minimum Gasteiger partial charge on any atom is -0.408 e. The number of nitrogens with zero attached hydrogens (tertiary/aromatic N) is 1. The molecule has 1 saturated heterocycles. The van der Waals surface area contributed by atoms with Crippen LogP contribution in [0.25, 0.3) is 11.1 Å². The van der Waals surface area contributed by atoms with Gasteiger partial charge in [-0.15, -0.1) is 0 Å². The minimum atomic E-state index is -0.436. The van der Waals surface area contributed by atoms with Crippen molar-refractivity contribution in [3.8, 4) is 0 Å². The number of benzene rings is 1. The number of nitrogens with one attached hydrogen (secondary N) is 2. The van der Waals surface area contributed by atoms with E-state index in [4.69, 9.17) is 4.42 Å². The van der Waals surface area contributed by atoms with Gasteiger partial charge in [-0.3, -0.25) is 9.36 Å². The van der Waals surface area contributed by atoms with E-state index in [2.05, 4.69) is 10.6 Å². The smallest absolute Gasteiger partial charge is 0.408 e. The largest absolute Gasteiger partial charge is 0.419 e. The molecule has 140 valence electrons. The van der Waals surface area contributed by atoms with Crippen LogP contribution >= 0.6 is 0 Å². The number of aliphatic hydroxyl groups is 1. The summed E-state index contributed by atoms with van der Waals surface area (Å²) in [6.07, 6.45) is 3.34. The fourth-order valence-electron chi connectivity index (χ4n) is 4.25. The van der Waals surface area contributed by atoms with Crippen molar-refractivity contribution >= 4 is 17.0 Å². The van der Waals surface area contributed by atoms with E-state index in [0.29, 0.717) is 28.5 Å². The van der Waals surface area contributed by atoms with Crippen molar-refractivity contribution in [2.45, 2.75) is 37.8 Å². The molecule has 2 fully saturated rings. The Bertz CT molecular complexity index is 859. The number of carbonyl (C=O) groups is 1. The molecule has 0 spiro atoms. The summed E-state index contributed by atoms with van der Waals surface area (Å²) in [7, 11) is 1.63. The van der Waals surface area contributed by atoms with Gasteiger partial charge in [-0.05, 0) is 68.8 Å². The van der Waals surface area contributed by atoms with Crippen LogP contribution in [0.1, 0.15) is 36.0 Å². The third kappa shape index (κ3) is 3.17. The van der Waals surface area contributed by atoms with Crippen molar-refractivity contribution in [2.24, 2.45) is 18.9 Å². The molecule has 1 amide bonds. The molecule has 7 heteroatoms. The quantitative estimate of drug-likeness (QED) is 0.757. The van der Waals surface area contributed by atoms with E-state index in [-0.39, 0.29) is 18.1 Å². The number of aromatic nitrogens is 1.